The minimum atomic E-state index is -0.552. The molecule has 0 saturated carbocycles. The molecule has 0 aliphatic heterocycles. The number of alkyl halides is 1. The van der Waals surface area contributed by atoms with E-state index in [-0.39, 0.29) is 19.2 Å². The first kappa shape index (κ1) is 19.2. The third-order valence-corrected chi connectivity index (χ3v) is 3.84. The number of primary amides is 1. The highest BCUT2D eigenvalue weighted by Crippen LogP contribution is 2.25. The first-order valence-corrected chi connectivity index (χ1v) is 8.05. The van der Waals surface area contributed by atoms with Crippen molar-refractivity contribution in [2.75, 3.05) is 25.6 Å². The lowest BCUT2D eigenvalue weighted by molar-refractivity contribution is 0.0996. The summed E-state index contributed by atoms with van der Waals surface area (Å²) in [5.74, 6) is 0.245. The topological polar surface area (TPSA) is 105 Å². The van der Waals surface area contributed by atoms with E-state index < -0.39 is 5.91 Å². The molecule has 1 aromatic carbocycles. The van der Waals surface area contributed by atoms with Gasteiger partial charge in [0.1, 0.15) is 12.4 Å². The summed E-state index contributed by atoms with van der Waals surface area (Å²) < 4.78 is 5.62. The van der Waals surface area contributed by atoms with E-state index in [1.807, 2.05) is 24.0 Å². The maximum Gasteiger partial charge on any atom is 0.252 e. The second-order valence-electron chi connectivity index (χ2n) is 5.01. The Bertz CT molecular complexity index is 560. The highest BCUT2D eigenvalue weighted by atomic mass is 35.5. The van der Waals surface area contributed by atoms with Gasteiger partial charge in [-0.05, 0) is 24.6 Å². The molecule has 0 aliphatic rings. The normalized spacial score (nSPS) is 12.0. The summed E-state index contributed by atoms with van der Waals surface area (Å²) in [7, 11) is 0. The van der Waals surface area contributed by atoms with Crippen molar-refractivity contribution in [2.45, 2.75) is 25.9 Å². The van der Waals surface area contributed by atoms with Crippen LogP contribution in [-0.2, 0) is 6.42 Å². The number of amides is 1. The summed E-state index contributed by atoms with van der Waals surface area (Å²) in [6.45, 7) is 3.68. The van der Waals surface area contributed by atoms with Crippen LogP contribution in [0.4, 0.5) is 0 Å². The van der Waals surface area contributed by atoms with E-state index in [1.54, 1.807) is 12.1 Å². The number of carbonyl (C=O) groups is 1. The SMILES string of the molecule is CCN(CCc1cccc(C(N)=O)c1OCCC#N)C(N)CCl. The molecule has 0 heterocycles. The molecule has 0 bridgehead atoms. The molecule has 0 spiro atoms. The molecule has 7 heteroatoms. The Hall–Kier alpha value is -1.81. The summed E-state index contributed by atoms with van der Waals surface area (Å²) in [5, 5.41) is 8.63. The average molecular weight is 339 g/mol. The maximum absolute atomic E-state index is 11.6. The van der Waals surface area contributed by atoms with Crippen LogP contribution in [0.15, 0.2) is 18.2 Å². The zero-order valence-electron chi connectivity index (χ0n) is 13.3. The number of likely N-dealkylation sites (N-methyl/N-ethyl adjacent to an activating group) is 1. The Morgan fingerprint density at radius 2 is 2.26 bits per heavy atom. The van der Waals surface area contributed by atoms with Crippen LogP contribution in [0.5, 0.6) is 5.75 Å². The summed E-state index contributed by atoms with van der Waals surface area (Å²) in [4.78, 5) is 13.6. The Kier molecular flexibility index (Phi) is 8.41. The monoisotopic (exact) mass is 338 g/mol. The molecule has 1 unspecified atom stereocenters. The molecule has 4 N–H and O–H groups in total. The number of benzene rings is 1. The number of para-hydroxylation sites is 1. The number of ether oxygens (including phenoxy) is 1. The second kappa shape index (κ2) is 10.1. The molecule has 0 saturated heterocycles. The van der Waals surface area contributed by atoms with Gasteiger partial charge in [-0.25, -0.2) is 0 Å². The van der Waals surface area contributed by atoms with Crippen molar-refractivity contribution in [1.82, 2.24) is 4.90 Å². The molecule has 126 valence electrons. The predicted octanol–water partition coefficient (Wildman–Crippen LogP) is 1.47. The number of halogens is 1. The fourth-order valence-corrected chi connectivity index (χ4v) is 2.46. The summed E-state index contributed by atoms with van der Waals surface area (Å²) in [6, 6.07) is 7.28. The third kappa shape index (κ3) is 5.71. The fraction of sp³-hybridized carbons (Fsp3) is 0.500. The van der Waals surface area contributed by atoms with Crippen molar-refractivity contribution in [3.05, 3.63) is 29.3 Å². The molecule has 0 radical (unpaired) electrons. The molecule has 23 heavy (non-hydrogen) atoms. The lowest BCUT2D eigenvalue weighted by atomic mass is 10.0. The summed E-state index contributed by atoms with van der Waals surface area (Å²) in [6.07, 6.45) is 0.663. The lowest BCUT2D eigenvalue weighted by Gasteiger charge is -2.26. The van der Waals surface area contributed by atoms with Crippen LogP contribution >= 0.6 is 11.6 Å². The molecule has 0 aromatic heterocycles. The largest absolute Gasteiger partial charge is 0.491 e. The summed E-state index contributed by atoms with van der Waals surface area (Å²) in [5.41, 5.74) is 12.6. The van der Waals surface area contributed by atoms with E-state index in [2.05, 4.69) is 0 Å². The zero-order valence-corrected chi connectivity index (χ0v) is 14.1. The van der Waals surface area contributed by atoms with Gasteiger partial charge in [0.2, 0.25) is 0 Å². The standard InChI is InChI=1S/C16H23ClN4O2/c1-2-21(14(19)11-17)9-7-12-5-3-6-13(16(20)22)15(12)23-10-4-8-18/h3,5-6,14H,2,4,7,9-11,19H2,1H3,(H2,20,22). The minimum absolute atomic E-state index is 0.215. The molecule has 0 fully saturated rings. The van der Waals surface area contributed by atoms with Crippen molar-refractivity contribution < 1.29 is 9.53 Å². The van der Waals surface area contributed by atoms with Gasteiger partial charge < -0.3 is 16.2 Å². The van der Waals surface area contributed by atoms with Crippen LogP contribution in [0.1, 0.15) is 29.3 Å². The zero-order chi connectivity index (χ0) is 17.2. The van der Waals surface area contributed by atoms with Gasteiger partial charge in [0.05, 0.1) is 30.1 Å². The van der Waals surface area contributed by atoms with Crippen LogP contribution in [0.25, 0.3) is 0 Å². The van der Waals surface area contributed by atoms with Crippen molar-refractivity contribution >= 4 is 17.5 Å². The highest BCUT2D eigenvalue weighted by Gasteiger charge is 2.16. The fourth-order valence-electron chi connectivity index (χ4n) is 2.27. The number of carbonyl (C=O) groups excluding carboxylic acids is 1. The van der Waals surface area contributed by atoms with Crippen LogP contribution in [0.2, 0.25) is 0 Å². The lowest BCUT2D eigenvalue weighted by Crippen LogP contribution is -2.44. The average Bonchev–Trinajstić information content (AvgIpc) is 2.55. The quantitative estimate of drug-likeness (QED) is 0.382. The van der Waals surface area contributed by atoms with Gasteiger partial charge in [-0.15, -0.1) is 11.6 Å². The van der Waals surface area contributed by atoms with Gasteiger partial charge in [0, 0.05) is 6.54 Å². The van der Waals surface area contributed by atoms with Gasteiger partial charge in [0.15, 0.2) is 0 Å². The summed E-state index contributed by atoms with van der Waals surface area (Å²) >= 11 is 5.81. The number of nitrogens with zero attached hydrogens (tertiary/aromatic N) is 2. The van der Waals surface area contributed by atoms with Gasteiger partial charge in [-0.2, -0.15) is 5.26 Å². The first-order chi connectivity index (χ1) is 11.0. The van der Waals surface area contributed by atoms with E-state index in [1.165, 1.54) is 0 Å². The molecule has 0 aliphatic carbocycles. The predicted molar refractivity (Wildman–Crippen MR) is 90.3 cm³/mol. The van der Waals surface area contributed by atoms with Crippen molar-refractivity contribution in [3.63, 3.8) is 0 Å². The molecular formula is C16H23ClN4O2. The van der Waals surface area contributed by atoms with E-state index >= 15 is 0 Å². The van der Waals surface area contributed by atoms with Crippen molar-refractivity contribution in [2.24, 2.45) is 11.5 Å². The van der Waals surface area contributed by atoms with Gasteiger partial charge in [-0.3, -0.25) is 9.69 Å². The van der Waals surface area contributed by atoms with Crippen LogP contribution in [-0.4, -0.2) is 42.5 Å². The number of nitrogens with two attached hydrogens (primary N) is 2. The van der Waals surface area contributed by atoms with Crippen LogP contribution < -0.4 is 16.2 Å². The van der Waals surface area contributed by atoms with Crippen LogP contribution in [0, 0.1) is 11.3 Å². The molecule has 1 rings (SSSR count). The second-order valence-corrected chi connectivity index (χ2v) is 5.32. The van der Waals surface area contributed by atoms with Gasteiger partial charge in [-0.1, -0.05) is 19.1 Å². The van der Waals surface area contributed by atoms with Crippen LogP contribution in [0.3, 0.4) is 0 Å². The van der Waals surface area contributed by atoms with E-state index in [4.69, 9.17) is 33.1 Å². The minimum Gasteiger partial charge on any atom is -0.491 e. The van der Waals surface area contributed by atoms with E-state index in [0.29, 0.717) is 30.2 Å². The molecule has 6 nitrogen and oxygen atoms in total. The molecule has 1 aromatic rings. The molecular weight excluding hydrogens is 316 g/mol. The number of nitriles is 1. The Morgan fingerprint density at radius 1 is 1.52 bits per heavy atom. The Balaban J connectivity index is 2.93. The van der Waals surface area contributed by atoms with Crippen molar-refractivity contribution in [3.8, 4) is 11.8 Å². The smallest absolute Gasteiger partial charge is 0.252 e. The van der Waals surface area contributed by atoms with Gasteiger partial charge >= 0.3 is 0 Å². The number of hydrogen-bond donors (Lipinski definition) is 2. The van der Waals surface area contributed by atoms with E-state index in [0.717, 1.165) is 12.1 Å². The third-order valence-electron chi connectivity index (χ3n) is 3.52. The molecule has 1 atom stereocenters. The maximum atomic E-state index is 11.6. The Labute approximate surface area is 141 Å². The first-order valence-electron chi connectivity index (χ1n) is 7.52. The van der Waals surface area contributed by atoms with Gasteiger partial charge in [0.25, 0.3) is 5.91 Å². The number of hydrogen-bond acceptors (Lipinski definition) is 5. The van der Waals surface area contributed by atoms with E-state index in [9.17, 15) is 4.79 Å². The van der Waals surface area contributed by atoms with Crippen molar-refractivity contribution in [1.29, 1.82) is 5.26 Å². The molecule has 1 amide bonds. The Morgan fingerprint density at radius 3 is 2.83 bits per heavy atom. The number of rotatable bonds is 10. The highest BCUT2D eigenvalue weighted by molar-refractivity contribution is 6.18.